The Morgan fingerprint density at radius 2 is 1.64 bits per heavy atom. The van der Waals surface area contributed by atoms with E-state index in [2.05, 4.69) is 51.2 Å². The molecule has 0 aliphatic rings. The number of hydrogen-bond donors (Lipinski definition) is 0. The summed E-state index contributed by atoms with van der Waals surface area (Å²) in [4.78, 5) is 0. The van der Waals surface area contributed by atoms with Gasteiger partial charge in [-0.1, -0.05) is 26.8 Å². The molecule has 75 valence electrons. The Bertz CT molecular complexity index is 337. The molecule has 0 spiro atoms. The van der Waals surface area contributed by atoms with Crippen LogP contribution in [0.1, 0.15) is 37.5 Å². The van der Waals surface area contributed by atoms with Gasteiger partial charge in [0.05, 0.1) is 0 Å². The van der Waals surface area contributed by atoms with Gasteiger partial charge in [-0.15, -0.1) is 0 Å². The van der Waals surface area contributed by atoms with Gasteiger partial charge in [0.1, 0.15) is 5.75 Å². The number of hydrogen-bond acceptors (Lipinski definition) is 1. The molecule has 0 bridgehead atoms. The van der Waals surface area contributed by atoms with Gasteiger partial charge >= 0.3 is 10.5 Å². The van der Waals surface area contributed by atoms with Gasteiger partial charge in [0.2, 0.25) is 0 Å². The Morgan fingerprint density at radius 3 is 2.07 bits per heavy atom. The molecule has 0 fully saturated rings. The fraction of sp³-hybridized carbons (Fsp3) is 0.500. The molecule has 1 rings (SSSR count). The Kier molecular flexibility index (Phi) is 3.05. The van der Waals surface area contributed by atoms with E-state index in [1.807, 2.05) is 6.07 Å². The lowest BCUT2D eigenvalue weighted by Gasteiger charge is -2.23. The van der Waals surface area contributed by atoms with Gasteiger partial charge in [-0.3, -0.25) is 0 Å². The van der Waals surface area contributed by atoms with Gasteiger partial charge < -0.3 is 4.43 Å². The predicted molar refractivity (Wildman–Crippen MR) is 61.0 cm³/mol. The van der Waals surface area contributed by atoms with Crippen LogP contribution in [0.25, 0.3) is 0 Å². The van der Waals surface area contributed by atoms with Crippen molar-refractivity contribution in [3.8, 4) is 5.75 Å². The minimum absolute atomic E-state index is 0.194. The van der Waals surface area contributed by atoms with Gasteiger partial charge in [-0.25, -0.2) is 0 Å². The smallest absolute Gasteiger partial charge is 0.341 e. The predicted octanol–water partition coefficient (Wildman–Crippen LogP) is 3.06. The van der Waals surface area contributed by atoms with Crippen molar-refractivity contribution in [2.75, 3.05) is 0 Å². The van der Waals surface area contributed by atoms with E-state index < -0.39 is 0 Å². The molecule has 0 amide bonds. The molecule has 14 heavy (non-hydrogen) atoms. The normalized spacial score (nSPS) is 11.6. The van der Waals surface area contributed by atoms with Crippen LogP contribution in [0, 0.1) is 13.8 Å². The zero-order chi connectivity index (χ0) is 10.9. The zero-order valence-electron chi connectivity index (χ0n) is 9.56. The van der Waals surface area contributed by atoms with E-state index in [1.54, 1.807) is 0 Å². The third kappa shape index (κ3) is 2.00. The SMILES string of the molecule is Cc1c(O[Si])ccc(C(C)(C)C)c1C. The first-order chi connectivity index (χ1) is 6.38. The summed E-state index contributed by atoms with van der Waals surface area (Å²) >= 11 is 0. The monoisotopic (exact) mass is 205 g/mol. The van der Waals surface area contributed by atoms with E-state index in [0.717, 1.165) is 5.75 Å². The highest BCUT2D eigenvalue weighted by molar-refractivity contribution is 6.00. The maximum Gasteiger partial charge on any atom is 0.341 e. The summed E-state index contributed by atoms with van der Waals surface area (Å²) in [6.07, 6.45) is 0. The molecule has 0 saturated heterocycles. The Hall–Kier alpha value is -0.763. The second-order valence-corrected chi connectivity index (χ2v) is 4.92. The van der Waals surface area contributed by atoms with Crippen molar-refractivity contribution in [1.29, 1.82) is 0 Å². The minimum Gasteiger partial charge on any atom is -0.540 e. The van der Waals surface area contributed by atoms with Crippen molar-refractivity contribution in [1.82, 2.24) is 0 Å². The molecule has 0 saturated carbocycles. The standard InChI is InChI=1S/C12H17OSi/c1-8-9(2)11(13-14)7-6-10(8)12(3,4)5/h6-7H,1-5H3. The highest BCUT2D eigenvalue weighted by Crippen LogP contribution is 2.31. The highest BCUT2D eigenvalue weighted by Gasteiger charge is 2.18. The summed E-state index contributed by atoms with van der Waals surface area (Å²) < 4.78 is 5.10. The van der Waals surface area contributed by atoms with E-state index in [4.69, 9.17) is 4.43 Å². The summed E-state index contributed by atoms with van der Waals surface area (Å²) in [5.74, 6) is 0.896. The first kappa shape index (κ1) is 11.3. The van der Waals surface area contributed by atoms with Crippen LogP contribution in [-0.2, 0) is 5.41 Å². The highest BCUT2D eigenvalue weighted by atomic mass is 28.2. The Labute approximate surface area is 90.0 Å². The van der Waals surface area contributed by atoms with Crippen LogP contribution in [0.15, 0.2) is 12.1 Å². The van der Waals surface area contributed by atoms with E-state index in [0.29, 0.717) is 0 Å². The Balaban J connectivity index is 3.31. The molecule has 0 atom stereocenters. The molecule has 0 N–H and O–H groups in total. The third-order valence-corrected chi connectivity index (χ3v) is 2.88. The van der Waals surface area contributed by atoms with Crippen LogP contribution in [0.3, 0.4) is 0 Å². The molecule has 0 heterocycles. The van der Waals surface area contributed by atoms with E-state index in [1.165, 1.54) is 16.7 Å². The molecular weight excluding hydrogens is 188 g/mol. The van der Waals surface area contributed by atoms with E-state index in [9.17, 15) is 0 Å². The number of rotatable bonds is 1. The minimum atomic E-state index is 0.194. The van der Waals surface area contributed by atoms with E-state index >= 15 is 0 Å². The summed E-state index contributed by atoms with van der Waals surface area (Å²) in [6.45, 7) is 10.9. The lowest BCUT2D eigenvalue weighted by atomic mass is 9.82. The van der Waals surface area contributed by atoms with Crippen molar-refractivity contribution in [2.24, 2.45) is 0 Å². The Morgan fingerprint density at radius 1 is 1.07 bits per heavy atom. The van der Waals surface area contributed by atoms with Crippen molar-refractivity contribution < 1.29 is 4.43 Å². The van der Waals surface area contributed by atoms with Crippen LogP contribution < -0.4 is 4.43 Å². The van der Waals surface area contributed by atoms with Gasteiger partial charge in [0.25, 0.3) is 0 Å². The molecule has 1 aromatic rings. The summed E-state index contributed by atoms with van der Waals surface area (Å²) in [6, 6.07) is 4.15. The molecular formula is C12H17OSi. The molecule has 0 aromatic heterocycles. The topological polar surface area (TPSA) is 9.23 Å². The molecule has 0 aliphatic carbocycles. The zero-order valence-corrected chi connectivity index (χ0v) is 10.6. The molecule has 1 nitrogen and oxygen atoms in total. The van der Waals surface area contributed by atoms with Gasteiger partial charge in [-0.05, 0) is 42.0 Å². The quantitative estimate of drug-likeness (QED) is 0.640. The van der Waals surface area contributed by atoms with Gasteiger partial charge in [0, 0.05) is 0 Å². The van der Waals surface area contributed by atoms with Crippen LogP contribution in [0.4, 0.5) is 0 Å². The summed E-state index contributed by atoms with van der Waals surface area (Å²) in [5, 5.41) is 0. The average molecular weight is 205 g/mol. The van der Waals surface area contributed by atoms with Gasteiger partial charge in [0.15, 0.2) is 0 Å². The first-order valence-electron chi connectivity index (χ1n) is 4.82. The molecule has 0 unspecified atom stereocenters. The maximum atomic E-state index is 5.10. The second kappa shape index (κ2) is 3.77. The van der Waals surface area contributed by atoms with Crippen LogP contribution in [0.5, 0.6) is 5.75 Å². The van der Waals surface area contributed by atoms with Crippen molar-refractivity contribution in [3.05, 3.63) is 28.8 Å². The maximum absolute atomic E-state index is 5.10. The summed E-state index contributed by atoms with van der Waals surface area (Å²) in [5.41, 5.74) is 4.09. The fourth-order valence-corrected chi connectivity index (χ4v) is 1.94. The average Bonchev–Trinajstić information content (AvgIpc) is 2.07. The molecule has 1 aromatic carbocycles. The van der Waals surface area contributed by atoms with Crippen molar-refractivity contribution >= 4 is 10.5 Å². The largest absolute Gasteiger partial charge is 0.540 e. The van der Waals surface area contributed by atoms with Gasteiger partial charge in [-0.2, -0.15) is 0 Å². The van der Waals surface area contributed by atoms with Crippen molar-refractivity contribution in [3.63, 3.8) is 0 Å². The first-order valence-corrected chi connectivity index (χ1v) is 5.23. The van der Waals surface area contributed by atoms with Crippen LogP contribution >= 0.6 is 0 Å². The lowest BCUT2D eigenvalue weighted by Crippen LogP contribution is -2.14. The lowest BCUT2D eigenvalue weighted by molar-refractivity contribution is 0.576. The number of benzene rings is 1. The molecule has 3 radical (unpaired) electrons. The second-order valence-electron chi connectivity index (χ2n) is 4.71. The third-order valence-electron chi connectivity index (χ3n) is 2.66. The fourth-order valence-electron chi connectivity index (χ4n) is 1.72. The van der Waals surface area contributed by atoms with Crippen LogP contribution in [0.2, 0.25) is 0 Å². The molecule has 0 aliphatic heterocycles. The van der Waals surface area contributed by atoms with Crippen LogP contribution in [-0.4, -0.2) is 10.5 Å². The van der Waals surface area contributed by atoms with E-state index in [-0.39, 0.29) is 5.41 Å². The van der Waals surface area contributed by atoms with Crippen molar-refractivity contribution in [2.45, 2.75) is 40.0 Å². The summed E-state index contributed by atoms with van der Waals surface area (Å²) in [7, 11) is 3.07. The molecule has 2 heteroatoms.